The Morgan fingerprint density at radius 2 is 1.29 bits per heavy atom. The first-order valence-corrected chi connectivity index (χ1v) is 6.49. The number of nitrogens with two attached hydrogens (primary N) is 1. The lowest BCUT2D eigenvalue weighted by molar-refractivity contribution is -0.00100. The van der Waals surface area contributed by atoms with E-state index in [9.17, 15) is 0 Å². The van der Waals surface area contributed by atoms with Crippen molar-refractivity contribution < 1.29 is 14.2 Å². The Labute approximate surface area is 106 Å². The van der Waals surface area contributed by atoms with Gasteiger partial charge >= 0.3 is 0 Å². The lowest BCUT2D eigenvalue weighted by atomic mass is 9.99. The first-order chi connectivity index (χ1) is 8.06. The van der Waals surface area contributed by atoms with Crippen LogP contribution in [0.1, 0.15) is 33.6 Å². The second-order valence-electron chi connectivity index (χ2n) is 5.33. The van der Waals surface area contributed by atoms with E-state index in [0.717, 1.165) is 32.6 Å². The maximum atomic E-state index is 5.48. The van der Waals surface area contributed by atoms with Crippen molar-refractivity contribution in [3.63, 3.8) is 0 Å². The number of hydrogen-bond donors (Lipinski definition) is 1. The molecule has 0 aliphatic carbocycles. The van der Waals surface area contributed by atoms with Crippen LogP contribution in [0.2, 0.25) is 0 Å². The minimum absolute atomic E-state index is 0.228. The molecule has 104 valence electrons. The number of hydrogen-bond acceptors (Lipinski definition) is 4. The van der Waals surface area contributed by atoms with Crippen LogP contribution < -0.4 is 5.73 Å². The molecule has 0 atom stereocenters. The summed E-state index contributed by atoms with van der Waals surface area (Å²) in [5.74, 6) is 0. The molecular formula is C13H29NO3. The van der Waals surface area contributed by atoms with Crippen LogP contribution in [0.3, 0.4) is 0 Å². The first kappa shape index (κ1) is 16.8. The Bertz CT molecular complexity index is 157. The normalized spacial score (nSPS) is 12.0. The summed E-state index contributed by atoms with van der Waals surface area (Å²) in [7, 11) is 0. The Hall–Kier alpha value is -0.160. The third kappa shape index (κ3) is 15.8. The quantitative estimate of drug-likeness (QED) is 0.566. The first-order valence-electron chi connectivity index (χ1n) is 6.49. The Morgan fingerprint density at radius 1 is 0.765 bits per heavy atom. The fraction of sp³-hybridized carbons (Fsp3) is 1.00. The molecule has 4 nitrogen and oxygen atoms in total. The summed E-state index contributed by atoms with van der Waals surface area (Å²) in [4.78, 5) is 0. The van der Waals surface area contributed by atoms with Crippen LogP contribution in [0.15, 0.2) is 0 Å². The molecule has 0 aromatic heterocycles. The molecule has 0 bridgehead atoms. The van der Waals surface area contributed by atoms with Gasteiger partial charge < -0.3 is 19.9 Å². The summed E-state index contributed by atoms with van der Waals surface area (Å²) < 4.78 is 16.2. The minimum Gasteiger partial charge on any atom is -0.379 e. The molecule has 0 heterocycles. The Kier molecular flexibility index (Phi) is 10.9. The third-order valence-electron chi connectivity index (χ3n) is 2.02. The van der Waals surface area contributed by atoms with Gasteiger partial charge in [-0.1, -0.05) is 20.8 Å². The van der Waals surface area contributed by atoms with E-state index in [0.29, 0.717) is 26.4 Å². The molecule has 0 rings (SSSR count). The monoisotopic (exact) mass is 247 g/mol. The van der Waals surface area contributed by atoms with Crippen molar-refractivity contribution in [1.82, 2.24) is 0 Å². The van der Waals surface area contributed by atoms with Crippen LogP contribution in [0, 0.1) is 5.41 Å². The van der Waals surface area contributed by atoms with E-state index in [-0.39, 0.29) is 5.41 Å². The number of ether oxygens (including phenoxy) is 3. The molecule has 2 N–H and O–H groups in total. The van der Waals surface area contributed by atoms with Crippen LogP contribution in [0.5, 0.6) is 0 Å². The van der Waals surface area contributed by atoms with Gasteiger partial charge in [-0.15, -0.1) is 0 Å². The second kappa shape index (κ2) is 11.0. The van der Waals surface area contributed by atoms with Gasteiger partial charge in [0.15, 0.2) is 0 Å². The SMILES string of the molecule is CC(C)(C)COCCOCCOCCCCN. The van der Waals surface area contributed by atoms with Crippen molar-refractivity contribution in [2.75, 3.05) is 46.2 Å². The van der Waals surface area contributed by atoms with Gasteiger partial charge in [0.1, 0.15) is 0 Å². The van der Waals surface area contributed by atoms with E-state index >= 15 is 0 Å². The van der Waals surface area contributed by atoms with Gasteiger partial charge in [-0.3, -0.25) is 0 Å². The fourth-order valence-electron chi connectivity index (χ4n) is 1.17. The lowest BCUT2D eigenvalue weighted by Gasteiger charge is -2.17. The van der Waals surface area contributed by atoms with Gasteiger partial charge in [0.2, 0.25) is 0 Å². The van der Waals surface area contributed by atoms with E-state index < -0.39 is 0 Å². The highest BCUT2D eigenvalue weighted by Gasteiger charge is 2.09. The lowest BCUT2D eigenvalue weighted by Crippen LogP contribution is -2.17. The molecule has 0 saturated heterocycles. The molecule has 0 aromatic rings. The third-order valence-corrected chi connectivity index (χ3v) is 2.02. The zero-order valence-corrected chi connectivity index (χ0v) is 11.7. The molecule has 0 radical (unpaired) electrons. The van der Waals surface area contributed by atoms with Crippen molar-refractivity contribution in [3.05, 3.63) is 0 Å². The standard InChI is InChI=1S/C13H29NO3/c1-13(2,3)12-17-11-10-16-9-8-15-7-5-4-6-14/h4-12,14H2,1-3H3. The average Bonchev–Trinajstić information content (AvgIpc) is 2.24. The maximum Gasteiger partial charge on any atom is 0.0701 e. The highest BCUT2D eigenvalue weighted by atomic mass is 16.5. The van der Waals surface area contributed by atoms with Gasteiger partial charge in [0.25, 0.3) is 0 Å². The predicted molar refractivity (Wildman–Crippen MR) is 70.2 cm³/mol. The molecular weight excluding hydrogens is 218 g/mol. The molecule has 0 aromatic carbocycles. The van der Waals surface area contributed by atoms with E-state index in [1.165, 1.54) is 0 Å². The molecule has 0 spiro atoms. The predicted octanol–water partition coefficient (Wildman–Crippen LogP) is 1.82. The van der Waals surface area contributed by atoms with E-state index in [2.05, 4.69) is 20.8 Å². The number of rotatable bonds is 11. The van der Waals surface area contributed by atoms with Crippen molar-refractivity contribution in [1.29, 1.82) is 0 Å². The van der Waals surface area contributed by atoms with Gasteiger partial charge in [-0.25, -0.2) is 0 Å². The highest BCUT2D eigenvalue weighted by Crippen LogP contribution is 2.12. The largest absolute Gasteiger partial charge is 0.379 e. The molecule has 17 heavy (non-hydrogen) atoms. The van der Waals surface area contributed by atoms with Crippen LogP contribution >= 0.6 is 0 Å². The Morgan fingerprint density at radius 3 is 1.82 bits per heavy atom. The highest BCUT2D eigenvalue weighted by molar-refractivity contribution is 4.58. The number of unbranched alkanes of at least 4 members (excludes halogenated alkanes) is 1. The van der Waals surface area contributed by atoms with Crippen molar-refractivity contribution >= 4 is 0 Å². The summed E-state index contributed by atoms with van der Waals surface area (Å²) in [6.45, 7) is 11.4. The van der Waals surface area contributed by atoms with Crippen LogP contribution in [-0.4, -0.2) is 46.2 Å². The van der Waals surface area contributed by atoms with Crippen LogP contribution in [0.4, 0.5) is 0 Å². The van der Waals surface area contributed by atoms with Crippen molar-refractivity contribution in [2.45, 2.75) is 33.6 Å². The van der Waals surface area contributed by atoms with E-state index in [1.54, 1.807) is 0 Å². The summed E-state index contributed by atoms with van der Waals surface area (Å²) in [5, 5.41) is 0. The topological polar surface area (TPSA) is 53.7 Å². The summed E-state index contributed by atoms with van der Waals surface area (Å²) in [6, 6.07) is 0. The molecule has 0 aliphatic heterocycles. The molecule has 0 unspecified atom stereocenters. The van der Waals surface area contributed by atoms with Crippen LogP contribution in [0.25, 0.3) is 0 Å². The second-order valence-corrected chi connectivity index (χ2v) is 5.33. The van der Waals surface area contributed by atoms with E-state index in [4.69, 9.17) is 19.9 Å². The summed E-state index contributed by atoms with van der Waals surface area (Å²) in [6.07, 6.45) is 2.06. The fourth-order valence-corrected chi connectivity index (χ4v) is 1.17. The zero-order valence-electron chi connectivity index (χ0n) is 11.7. The van der Waals surface area contributed by atoms with Crippen molar-refractivity contribution in [2.24, 2.45) is 11.1 Å². The average molecular weight is 247 g/mol. The minimum atomic E-state index is 0.228. The van der Waals surface area contributed by atoms with Crippen LogP contribution in [-0.2, 0) is 14.2 Å². The van der Waals surface area contributed by atoms with Gasteiger partial charge in [0.05, 0.1) is 33.0 Å². The zero-order chi connectivity index (χ0) is 13.0. The van der Waals surface area contributed by atoms with Crippen molar-refractivity contribution in [3.8, 4) is 0 Å². The van der Waals surface area contributed by atoms with Gasteiger partial charge in [0, 0.05) is 6.61 Å². The summed E-state index contributed by atoms with van der Waals surface area (Å²) >= 11 is 0. The molecule has 0 amide bonds. The molecule has 0 fully saturated rings. The molecule has 0 aliphatic rings. The maximum absolute atomic E-state index is 5.48. The smallest absolute Gasteiger partial charge is 0.0701 e. The van der Waals surface area contributed by atoms with Gasteiger partial charge in [-0.05, 0) is 24.8 Å². The molecule has 0 saturated carbocycles. The molecule has 4 heteroatoms. The van der Waals surface area contributed by atoms with Gasteiger partial charge in [-0.2, -0.15) is 0 Å². The van der Waals surface area contributed by atoms with E-state index in [1.807, 2.05) is 0 Å². The Balaban J connectivity index is 2.99. The summed E-state index contributed by atoms with van der Waals surface area (Å²) in [5.41, 5.74) is 5.60.